The van der Waals surface area contributed by atoms with Gasteiger partial charge in [-0.2, -0.15) is 0 Å². The maximum Gasteiger partial charge on any atom is 0.0409 e. The lowest BCUT2D eigenvalue weighted by Gasteiger charge is -2.20. The Hall–Kier alpha value is -1.51. The SMILES string of the molecule is CC(CCN(C)Cc1cccc(Cl)c1)c1ccc(N)cc1. The van der Waals surface area contributed by atoms with E-state index >= 15 is 0 Å². The van der Waals surface area contributed by atoms with Gasteiger partial charge in [-0.25, -0.2) is 0 Å². The summed E-state index contributed by atoms with van der Waals surface area (Å²) >= 11 is 6.02. The molecule has 1 atom stereocenters. The molecule has 0 fully saturated rings. The molecule has 2 nitrogen and oxygen atoms in total. The molecule has 3 heteroatoms. The standard InChI is InChI=1S/C18H23ClN2/c1-14(16-6-8-18(20)9-7-16)10-11-21(2)13-15-4-3-5-17(19)12-15/h3-9,12,14H,10-11,13,20H2,1-2H3. The molecule has 0 aromatic heterocycles. The molecule has 0 saturated carbocycles. The molecule has 0 radical (unpaired) electrons. The molecule has 2 N–H and O–H groups in total. The average Bonchev–Trinajstić information content (AvgIpc) is 2.45. The molecule has 0 aliphatic heterocycles. The molecule has 0 amide bonds. The second kappa shape index (κ2) is 7.48. The van der Waals surface area contributed by atoms with Crippen LogP contribution in [0.2, 0.25) is 5.02 Å². The number of anilines is 1. The molecular weight excluding hydrogens is 280 g/mol. The Kier molecular flexibility index (Phi) is 5.66. The number of hydrogen-bond donors (Lipinski definition) is 1. The first-order valence-electron chi connectivity index (χ1n) is 7.33. The summed E-state index contributed by atoms with van der Waals surface area (Å²) in [7, 11) is 2.15. The van der Waals surface area contributed by atoms with Gasteiger partial charge < -0.3 is 10.6 Å². The van der Waals surface area contributed by atoms with Crippen LogP contribution in [0.5, 0.6) is 0 Å². The summed E-state index contributed by atoms with van der Waals surface area (Å²) in [5, 5.41) is 0.802. The van der Waals surface area contributed by atoms with Gasteiger partial charge in [0.25, 0.3) is 0 Å². The Bertz CT molecular complexity index is 566. The van der Waals surface area contributed by atoms with Gasteiger partial charge in [-0.3, -0.25) is 0 Å². The predicted molar refractivity (Wildman–Crippen MR) is 91.7 cm³/mol. The van der Waals surface area contributed by atoms with Crippen molar-refractivity contribution in [2.24, 2.45) is 0 Å². The van der Waals surface area contributed by atoms with Crippen molar-refractivity contribution in [2.45, 2.75) is 25.8 Å². The van der Waals surface area contributed by atoms with Crippen molar-refractivity contribution in [3.8, 4) is 0 Å². The highest BCUT2D eigenvalue weighted by Gasteiger charge is 2.08. The molecule has 0 saturated heterocycles. The molecule has 2 aromatic rings. The van der Waals surface area contributed by atoms with E-state index in [1.165, 1.54) is 11.1 Å². The number of nitrogen functional groups attached to an aromatic ring is 1. The van der Waals surface area contributed by atoms with Crippen molar-refractivity contribution in [1.29, 1.82) is 0 Å². The van der Waals surface area contributed by atoms with Crippen molar-refractivity contribution in [3.63, 3.8) is 0 Å². The molecule has 0 spiro atoms. The third-order valence-electron chi connectivity index (χ3n) is 3.79. The van der Waals surface area contributed by atoms with E-state index in [1.807, 2.05) is 30.3 Å². The van der Waals surface area contributed by atoms with Crippen molar-refractivity contribution in [3.05, 3.63) is 64.7 Å². The molecular formula is C18H23ClN2. The van der Waals surface area contributed by atoms with E-state index in [0.29, 0.717) is 5.92 Å². The first-order chi connectivity index (χ1) is 10.0. The fourth-order valence-electron chi connectivity index (χ4n) is 2.43. The van der Waals surface area contributed by atoms with Crippen LogP contribution in [0.4, 0.5) is 5.69 Å². The van der Waals surface area contributed by atoms with Crippen LogP contribution in [-0.4, -0.2) is 18.5 Å². The van der Waals surface area contributed by atoms with Gasteiger partial charge in [0, 0.05) is 17.3 Å². The Morgan fingerprint density at radius 1 is 1.14 bits per heavy atom. The van der Waals surface area contributed by atoms with Gasteiger partial charge >= 0.3 is 0 Å². The van der Waals surface area contributed by atoms with E-state index in [9.17, 15) is 0 Å². The van der Waals surface area contributed by atoms with E-state index in [2.05, 4.69) is 37.1 Å². The van der Waals surface area contributed by atoms with Crippen LogP contribution in [0, 0.1) is 0 Å². The normalized spacial score (nSPS) is 12.6. The topological polar surface area (TPSA) is 29.3 Å². The molecule has 112 valence electrons. The van der Waals surface area contributed by atoms with E-state index in [-0.39, 0.29) is 0 Å². The Balaban J connectivity index is 1.83. The van der Waals surface area contributed by atoms with Gasteiger partial charge in [-0.1, -0.05) is 42.8 Å². The van der Waals surface area contributed by atoms with Crippen LogP contribution in [0.1, 0.15) is 30.4 Å². The zero-order valence-corrected chi connectivity index (χ0v) is 13.5. The number of nitrogens with two attached hydrogens (primary N) is 1. The summed E-state index contributed by atoms with van der Waals surface area (Å²) in [6, 6.07) is 16.3. The Labute approximate surface area is 132 Å². The molecule has 0 heterocycles. The third kappa shape index (κ3) is 5.07. The fourth-order valence-corrected chi connectivity index (χ4v) is 2.64. The highest BCUT2D eigenvalue weighted by atomic mass is 35.5. The Morgan fingerprint density at radius 3 is 2.52 bits per heavy atom. The molecule has 2 aromatic carbocycles. The highest BCUT2D eigenvalue weighted by Crippen LogP contribution is 2.21. The monoisotopic (exact) mass is 302 g/mol. The maximum absolute atomic E-state index is 6.02. The minimum atomic E-state index is 0.535. The molecule has 21 heavy (non-hydrogen) atoms. The van der Waals surface area contributed by atoms with Gasteiger partial charge in [0.15, 0.2) is 0 Å². The minimum absolute atomic E-state index is 0.535. The number of nitrogens with zero attached hydrogens (tertiary/aromatic N) is 1. The summed E-state index contributed by atoms with van der Waals surface area (Å²) in [5.41, 5.74) is 9.15. The smallest absolute Gasteiger partial charge is 0.0409 e. The summed E-state index contributed by atoms with van der Waals surface area (Å²) in [4.78, 5) is 2.33. The first-order valence-corrected chi connectivity index (χ1v) is 7.71. The van der Waals surface area contributed by atoms with Crippen molar-refractivity contribution < 1.29 is 0 Å². The number of benzene rings is 2. The van der Waals surface area contributed by atoms with Crippen molar-refractivity contribution in [1.82, 2.24) is 4.90 Å². The lowest BCUT2D eigenvalue weighted by Crippen LogP contribution is -2.20. The molecule has 2 rings (SSSR count). The van der Waals surface area contributed by atoms with E-state index in [4.69, 9.17) is 17.3 Å². The quantitative estimate of drug-likeness (QED) is 0.793. The van der Waals surface area contributed by atoms with Crippen LogP contribution in [0.25, 0.3) is 0 Å². The van der Waals surface area contributed by atoms with Gasteiger partial charge in [0.05, 0.1) is 0 Å². The zero-order chi connectivity index (χ0) is 15.2. The van der Waals surface area contributed by atoms with Gasteiger partial charge in [0.1, 0.15) is 0 Å². The fraction of sp³-hybridized carbons (Fsp3) is 0.333. The Morgan fingerprint density at radius 2 is 1.86 bits per heavy atom. The summed E-state index contributed by atoms with van der Waals surface area (Å²) in [5.74, 6) is 0.535. The molecule has 0 aliphatic rings. The van der Waals surface area contributed by atoms with Crippen LogP contribution < -0.4 is 5.73 Å². The first kappa shape index (κ1) is 15.9. The van der Waals surface area contributed by atoms with Crippen LogP contribution in [-0.2, 0) is 6.54 Å². The lowest BCUT2D eigenvalue weighted by atomic mass is 9.97. The number of rotatable bonds is 6. The van der Waals surface area contributed by atoms with Gasteiger partial charge in [-0.15, -0.1) is 0 Å². The van der Waals surface area contributed by atoms with Crippen molar-refractivity contribution in [2.75, 3.05) is 19.3 Å². The molecule has 0 bridgehead atoms. The third-order valence-corrected chi connectivity index (χ3v) is 4.03. The zero-order valence-electron chi connectivity index (χ0n) is 12.7. The summed E-state index contributed by atoms with van der Waals surface area (Å²) < 4.78 is 0. The van der Waals surface area contributed by atoms with Crippen LogP contribution in [0.3, 0.4) is 0 Å². The van der Waals surface area contributed by atoms with Gasteiger partial charge in [-0.05, 0) is 61.3 Å². The second-order valence-corrected chi connectivity index (χ2v) is 6.16. The van der Waals surface area contributed by atoms with E-state index < -0.39 is 0 Å². The number of hydrogen-bond acceptors (Lipinski definition) is 2. The lowest BCUT2D eigenvalue weighted by molar-refractivity contribution is 0.313. The maximum atomic E-state index is 6.02. The van der Waals surface area contributed by atoms with Crippen LogP contribution in [0.15, 0.2) is 48.5 Å². The largest absolute Gasteiger partial charge is 0.399 e. The average molecular weight is 303 g/mol. The summed E-state index contributed by atoms with van der Waals surface area (Å²) in [6.45, 7) is 4.24. The summed E-state index contributed by atoms with van der Waals surface area (Å²) in [6.07, 6.45) is 1.13. The predicted octanol–water partition coefficient (Wildman–Crippen LogP) is 4.55. The van der Waals surface area contributed by atoms with E-state index in [0.717, 1.165) is 30.2 Å². The van der Waals surface area contributed by atoms with Gasteiger partial charge in [0.2, 0.25) is 0 Å². The molecule has 1 unspecified atom stereocenters. The number of halogens is 1. The second-order valence-electron chi connectivity index (χ2n) is 5.72. The minimum Gasteiger partial charge on any atom is -0.399 e. The van der Waals surface area contributed by atoms with E-state index in [1.54, 1.807) is 0 Å². The van der Waals surface area contributed by atoms with Crippen molar-refractivity contribution >= 4 is 17.3 Å². The highest BCUT2D eigenvalue weighted by molar-refractivity contribution is 6.30. The van der Waals surface area contributed by atoms with Crippen LogP contribution >= 0.6 is 11.6 Å². The molecule has 0 aliphatic carbocycles.